The van der Waals surface area contributed by atoms with Crippen molar-refractivity contribution in [3.8, 4) is 17.1 Å². The minimum Gasteiger partial charge on any atom is -0.496 e. The summed E-state index contributed by atoms with van der Waals surface area (Å²) in [4.78, 5) is 13.7. The van der Waals surface area contributed by atoms with Crippen LogP contribution in [-0.4, -0.2) is 36.2 Å². The van der Waals surface area contributed by atoms with Gasteiger partial charge in [0.05, 0.1) is 30.7 Å². The third-order valence-electron chi connectivity index (χ3n) is 4.85. The van der Waals surface area contributed by atoms with Crippen LogP contribution in [0.1, 0.15) is 28.5 Å². The van der Waals surface area contributed by atoms with Gasteiger partial charge in [-0.05, 0) is 32.1 Å². The number of methoxy groups -OCH3 is 1. The molecular formula is C20H18N6O. The molecule has 0 bridgehead atoms. The molecule has 0 aliphatic carbocycles. The molecule has 0 fully saturated rings. The smallest absolute Gasteiger partial charge is 0.177 e. The summed E-state index contributed by atoms with van der Waals surface area (Å²) >= 11 is 0. The van der Waals surface area contributed by atoms with Gasteiger partial charge in [0.2, 0.25) is 0 Å². The summed E-state index contributed by atoms with van der Waals surface area (Å²) in [5, 5.41) is 4.54. The minimum absolute atomic E-state index is 0.643. The van der Waals surface area contributed by atoms with Crippen LogP contribution in [0.25, 0.3) is 29.2 Å². The molecule has 3 aromatic heterocycles. The molecule has 1 aliphatic heterocycles. The molecule has 5 rings (SSSR count). The number of benzene rings is 1. The van der Waals surface area contributed by atoms with Crippen LogP contribution in [0.3, 0.4) is 0 Å². The second-order valence-electron chi connectivity index (χ2n) is 6.63. The van der Waals surface area contributed by atoms with E-state index in [9.17, 15) is 0 Å². The number of imidazole rings is 1. The molecule has 27 heavy (non-hydrogen) atoms. The lowest BCUT2D eigenvalue weighted by Gasteiger charge is -2.05. The average molecular weight is 358 g/mol. The van der Waals surface area contributed by atoms with Crippen molar-refractivity contribution in [2.45, 2.75) is 20.4 Å². The van der Waals surface area contributed by atoms with Gasteiger partial charge in [0.15, 0.2) is 11.5 Å². The molecule has 0 unspecified atom stereocenters. The van der Waals surface area contributed by atoms with Crippen molar-refractivity contribution < 1.29 is 4.74 Å². The first-order chi connectivity index (χ1) is 13.1. The third-order valence-corrected chi connectivity index (χ3v) is 4.85. The predicted octanol–water partition coefficient (Wildman–Crippen LogP) is 3.15. The number of hydrogen-bond acceptors (Lipinski definition) is 5. The Morgan fingerprint density at radius 3 is 2.85 bits per heavy atom. The first-order valence-electron chi connectivity index (χ1n) is 8.74. The quantitative estimate of drug-likeness (QED) is 0.495. The highest BCUT2D eigenvalue weighted by molar-refractivity contribution is 5.72. The highest BCUT2D eigenvalue weighted by Crippen LogP contribution is 2.36. The molecular weight excluding hydrogens is 340 g/mol. The van der Waals surface area contributed by atoms with Crippen molar-refractivity contribution in [3.05, 3.63) is 59.1 Å². The van der Waals surface area contributed by atoms with Crippen LogP contribution in [0.4, 0.5) is 0 Å². The molecule has 1 aromatic carbocycles. The van der Waals surface area contributed by atoms with E-state index in [1.165, 1.54) is 5.56 Å². The van der Waals surface area contributed by atoms with E-state index in [1.807, 2.05) is 48.8 Å². The molecule has 0 spiro atoms. The van der Waals surface area contributed by atoms with Crippen LogP contribution in [0, 0.1) is 13.8 Å². The topological polar surface area (TPSA) is 70.1 Å². The van der Waals surface area contributed by atoms with Gasteiger partial charge in [-0.15, -0.1) is 5.10 Å². The first-order valence-corrected chi connectivity index (χ1v) is 8.74. The summed E-state index contributed by atoms with van der Waals surface area (Å²) in [7, 11) is 1.70. The van der Waals surface area contributed by atoms with Gasteiger partial charge in [0, 0.05) is 23.5 Å². The Morgan fingerprint density at radius 2 is 2.04 bits per heavy atom. The van der Waals surface area contributed by atoms with Gasteiger partial charge in [-0.1, -0.05) is 12.1 Å². The van der Waals surface area contributed by atoms with Gasteiger partial charge < -0.3 is 9.30 Å². The lowest BCUT2D eigenvalue weighted by Crippen LogP contribution is -1.97. The van der Waals surface area contributed by atoms with Gasteiger partial charge in [0.25, 0.3) is 0 Å². The summed E-state index contributed by atoms with van der Waals surface area (Å²) in [6, 6.07) is 6.07. The van der Waals surface area contributed by atoms with Crippen LogP contribution in [0.2, 0.25) is 0 Å². The lowest BCUT2D eigenvalue weighted by molar-refractivity contribution is 0.410. The highest BCUT2D eigenvalue weighted by atomic mass is 16.5. The summed E-state index contributed by atoms with van der Waals surface area (Å²) in [6.07, 6.45) is 7.67. The summed E-state index contributed by atoms with van der Waals surface area (Å²) in [6.45, 7) is 4.67. The van der Waals surface area contributed by atoms with Crippen molar-refractivity contribution >= 4 is 17.8 Å². The molecule has 4 aromatic rings. The Morgan fingerprint density at radius 1 is 1.15 bits per heavy atom. The predicted molar refractivity (Wildman–Crippen MR) is 103 cm³/mol. The van der Waals surface area contributed by atoms with Crippen LogP contribution >= 0.6 is 0 Å². The molecule has 7 nitrogen and oxygen atoms in total. The Kier molecular flexibility index (Phi) is 3.36. The molecule has 0 radical (unpaired) electrons. The zero-order chi connectivity index (χ0) is 18.5. The van der Waals surface area contributed by atoms with Crippen LogP contribution < -0.4 is 4.74 Å². The van der Waals surface area contributed by atoms with E-state index in [0.717, 1.165) is 46.4 Å². The van der Waals surface area contributed by atoms with Gasteiger partial charge >= 0.3 is 0 Å². The second-order valence-corrected chi connectivity index (χ2v) is 6.63. The monoisotopic (exact) mass is 358 g/mol. The minimum atomic E-state index is 0.643. The zero-order valence-corrected chi connectivity index (χ0v) is 15.3. The van der Waals surface area contributed by atoms with Crippen molar-refractivity contribution in [3.63, 3.8) is 0 Å². The Hall–Kier alpha value is -3.48. The number of rotatable bonds is 3. The van der Waals surface area contributed by atoms with E-state index >= 15 is 0 Å². The average Bonchev–Trinajstić information content (AvgIpc) is 3.35. The van der Waals surface area contributed by atoms with E-state index in [4.69, 9.17) is 9.72 Å². The lowest BCUT2D eigenvalue weighted by atomic mass is 10.1. The van der Waals surface area contributed by atoms with E-state index < -0.39 is 0 Å². The van der Waals surface area contributed by atoms with E-state index in [1.54, 1.807) is 13.3 Å². The Bertz CT molecular complexity index is 1180. The van der Waals surface area contributed by atoms with E-state index in [2.05, 4.69) is 25.7 Å². The number of nitrogens with zero attached hydrogens (tertiary/aromatic N) is 6. The van der Waals surface area contributed by atoms with E-state index in [-0.39, 0.29) is 0 Å². The largest absolute Gasteiger partial charge is 0.496 e. The first kappa shape index (κ1) is 15.7. The van der Waals surface area contributed by atoms with Crippen LogP contribution in [0.15, 0.2) is 30.6 Å². The van der Waals surface area contributed by atoms with Gasteiger partial charge in [-0.3, -0.25) is 4.98 Å². The fourth-order valence-corrected chi connectivity index (χ4v) is 3.49. The summed E-state index contributed by atoms with van der Waals surface area (Å²) < 4.78 is 9.42. The molecule has 1 aliphatic rings. The fraction of sp³-hybridized carbons (Fsp3) is 0.200. The molecule has 134 valence electrons. The fourth-order valence-electron chi connectivity index (χ4n) is 3.49. The maximum Gasteiger partial charge on any atom is 0.177 e. The normalized spacial score (nSPS) is 12.7. The molecule has 4 heterocycles. The molecule has 7 heteroatoms. The number of aryl methyl sites for hydroxylation is 2. The summed E-state index contributed by atoms with van der Waals surface area (Å²) in [5.41, 5.74) is 5.77. The van der Waals surface area contributed by atoms with Crippen LogP contribution in [0.5, 0.6) is 5.75 Å². The molecule has 0 saturated heterocycles. The Labute approximate surface area is 156 Å². The Balaban J connectivity index is 1.48. The molecule has 0 saturated carbocycles. The van der Waals surface area contributed by atoms with Crippen molar-refractivity contribution in [1.29, 1.82) is 0 Å². The highest BCUT2D eigenvalue weighted by Gasteiger charge is 2.23. The number of fused-ring (bicyclic) bond motifs is 4. The number of aromatic nitrogens is 6. The summed E-state index contributed by atoms with van der Waals surface area (Å²) in [5.74, 6) is 2.51. The van der Waals surface area contributed by atoms with Crippen molar-refractivity contribution in [1.82, 2.24) is 29.1 Å². The maximum atomic E-state index is 5.46. The number of hydrogen-bond donors (Lipinski definition) is 0. The maximum absolute atomic E-state index is 5.46. The third kappa shape index (κ3) is 2.43. The molecule has 0 N–H and O–H groups in total. The van der Waals surface area contributed by atoms with Crippen molar-refractivity contribution in [2.75, 3.05) is 7.11 Å². The standard InChI is InChI=1S/C20H18N6O/c1-12-9-21-13(2)19-23-18(24-26(12)19)8-7-14-10-25-11-16-15(20(25)22-14)5-4-6-17(16)27-3/h4-10H,11H2,1-3H3. The van der Waals surface area contributed by atoms with Gasteiger partial charge in [0.1, 0.15) is 11.6 Å². The van der Waals surface area contributed by atoms with Crippen LogP contribution in [-0.2, 0) is 6.54 Å². The molecule has 0 atom stereocenters. The second kappa shape index (κ2) is 5.77. The van der Waals surface area contributed by atoms with Gasteiger partial charge in [-0.25, -0.2) is 14.5 Å². The van der Waals surface area contributed by atoms with Gasteiger partial charge in [-0.2, -0.15) is 0 Å². The van der Waals surface area contributed by atoms with E-state index in [0.29, 0.717) is 5.82 Å². The number of ether oxygens (including phenoxy) is 1. The molecule has 0 amide bonds. The zero-order valence-electron chi connectivity index (χ0n) is 15.3. The van der Waals surface area contributed by atoms with Crippen molar-refractivity contribution in [2.24, 2.45) is 0 Å². The SMILES string of the molecule is COc1cccc2c1Cn1cc(C=Cc3nc4c(C)ncc(C)n4n3)nc1-2.